The first kappa shape index (κ1) is 29.2. The Balaban J connectivity index is -0.0000000209. The third-order valence-corrected chi connectivity index (χ3v) is 1.50. The van der Waals surface area contributed by atoms with Gasteiger partial charge in [0.15, 0.2) is 0 Å². The van der Waals surface area contributed by atoms with Crippen LogP contribution in [-0.2, 0) is 18.6 Å². The molecule has 0 aliphatic rings. The van der Waals surface area contributed by atoms with Crippen LogP contribution >= 0.6 is 17.2 Å². The van der Waals surface area contributed by atoms with Crippen LogP contribution in [0.25, 0.3) is 0 Å². The van der Waals surface area contributed by atoms with E-state index in [1.165, 1.54) is 12.6 Å². The predicted molar refractivity (Wildman–Crippen MR) is 66.1 cm³/mol. The van der Waals surface area contributed by atoms with E-state index in [1.807, 2.05) is 20.5 Å². The third kappa shape index (κ3) is 103. The summed E-state index contributed by atoms with van der Waals surface area (Å²) in [6.07, 6.45) is 2.77. The van der Waals surface area contributed by atoms with Crippen molar-refractivity contribution >= 4 is 25.6 Å². The van der Waals surface area contributed by atoms with Crippen molar-refractivity contribution in [2.75, 3.05) is 19.5 Å². The van der Waals surface area contributed by atoms with E-state index in [0.29, 0.717) is 0 Å². The topological polar surface area (TPSA) is 0 Å². The fourth-order valence-electron chi connectivity index (χ4n) is 0.250. The van der Waals surface area contributed by atoms with Crippen molar-refractivity contribution in [3.8, 4) is 0 Å². The van der Waals surface area contributed by atoms with Crippen LogP contribution in [0.15, 0.2) is 0 Å². The van der Waals surface area contributed by atoms with Crippen LogP contribution in [0.3, 0.4) is 0 Å². The summed E-state index contributed by atoms with van der Waals surface area (Å²) in [5, 5.41) is 0. The molecule has 2 unspecified atom stereocenters. The second-order valence-corrected chi connectivity index (χ2v) is 3.37. The van der Waals surface area contributed by atoms with Crippen LogP contribution in [0, 0.1) is 6.66 Å². The van der Waals surface area contributed by atoms with Crippen molar-refractivity contribution in [3.63, 3.8) is 0 Å². The normalized spacial score (nSPS) is 7.50. The smallest absolute Gasteiger partial charge is 0 e. The van der Waals surface area contributed by atoms with E-state index in [0.717, 1.165) is 17.2 Å². The van der Waals surface area contributed by atoms with Crippen molar-refractivity contribution in [2.24, 2.45) is 0 Å². The summed E-state index contributed by atoms with van der Waals surface area (Å²) in [5.41, 5.74) is 0. The van der Waals surface area contributed by atoms with Crippen LogP contribution < -0.4 is 0 Å². The van der Waals surface area contributed by atoms with Crippen molar-refractivity contribution in [1.82, 2.24) is 0 Å². The van der Waals surface area contributed by atoms with Gasteiger partial charge in [-0.1, -0.05) is 33.9 Å². The van der Waals surface area contributed by atoms with Crippen LogP contribution in [0.2, 0.25) is 0 Å². The molecule has 0 aromatic rings. The molecule has 0 nitrogen and oxygen atoms in total. The molecule has 12 heavy (non-hydrogen) atoms. The van der Waals surface area contributed by atoms with Gasteiger partial charge in [0.1, 0.15) is 0 Å². The van der Waals surface area contributed by atoms with Crippen molar-refractivity contribution in [2.45, 2.75) is 27.2 Å². The molecule has 0 spiro atoms. The Labute approximate surface area is 97.5 Å². The SMILES string of the molecule is CC.CCCPC.[B].[CH2-]PC.[V]. The van der Waals surface area contributed by atoms with Crippen LogP contribution in [0.5, 0.6) is 0 Å². The number of rotatable bonds is 2. The van der Waals surface area contributed by atoms with E-state index in [4.69, 9.17) is 0 Å². The molecule has 0 rings (SSSR count). The van der Waals surface area contributed by atoms with Gasteiger partial charge < -0.3 is 6.66 Å². The van der Waals surface area contributed by atoms with Gasteiger partial charge in [-0.2, -0.15) is 0 Å². The molecule has 0 aromatic carbocycles. The maximum Gasteiger partial charge on any atom is 0 e. The molecule has 0 aliphatic heterocycles. The molecule has 4 radical (unpaired) electrons. The molecule has 0 bridgehead atoms. The second-order valence-electron chi connectivity index (χ2n) is 1.46. The van der Waals surface area contributed by atoms with Crippen LogP contribution in [0.1, 0.15) is 27.2 Å². The van der Waals surface area contributed by atoms with E-state index >= 15 is 0 Å². The zero-order chi connectivity index (χ0) is 8.83. The van der Waals surface area contributed by atoms with E-state index in [1.54, 1.807) is 0 Å². The molecule has 0 aliphatic carbocycles. The minimum atomic E-state index is 0. The molecule has 0 saturated heterocycles. The molecule has 0 saturated carbocycles. The van der Waals surface area contributed by atoms with E-state index in [2.05, 4.69) is 20.3 Å². The first-order chi connectivity index (χ1) is 4.83. The van der Waals surface area contributed by atoms with Gasteiger partial charge >= 0.3 is 0 Å². The Morgan fingerprint density at radius 2 is 1.42 bits per heavy atom. The average Bonchev–Trinajstić information content (AvgIpc) is 1.96. The van der Waals surface area contributed by atoms with Gasteiger partial charge in [0, 0.05) is 27.0 Å². The summed E-state index contributed by atoms with van der Waals surface area (Å²) in [7, 11) is 1.99. The predicted octanol–water partition coefficient (Wildman–Crippen LogP) is 3.43. The average molecular weight is 243 g/mol. The fourth-order valence-corrected chi connectivity index (χ4v) is 0.750. The molecule has 0 aromatic heterocycles. The summed E-state index contributed by atoms with van der Waals surface area (Å²) >= 11 is 0. The maximum atomic E-state index is 3.51. The Hall–Kier alpha value is 1.51. The van der Waals surface area contributed by atoms with E-state index in [-0.39, 0.29) is 27.0 Å². The summed E-state index contributed by atoms with van der Waals surface area (Å²) in [4.78, 5) is 0. The Morgan fingerprint density at radius 1 is 1.17 bits per heavy atom. The summed E-state index contributed by atoms with van der Waals surface area (Å²) in [6, 6.07) is 0. The monoisotopic (exact) mass is 243 g/mol. The number of hydrogen-bond acceptors (Lipinski definition) is 0. The summed E-state index contributed by atoms with van der Waals surface area (Å²) < 4.78 is 0. The zero-order valence-corrected chi connectivity index (χ0v) is 12.5. The molecular formula is C8H23BP2V-. The largest absolute Gasteiger partial charge is 0.320 e. The molecular weight excluding hydrogens is 220 g/mol. The van der Waals surface area contributed by atoms with Crippen molar-refractivity contribution < 1.29 is 18.6 Å². The van der Waals surface area contributed by atoms with Crippen molar-refractivity contribution in [1.29, 1.82) is 0 Å². The Kier molecular flexibility index (Phi) is 133. The molecule has 0 N–H and O–H groups in total. The molecule has 0 fully saturated rings. The van der Waals surface area contributed by atoms with Crippen LogP contribution in [-0.4, -0.2) is 27.9 Å². The summed E-state index contributed by atoms with van der Waals surface area (Å²) in [5.74, 6) is 0. The van der Waals surface area contributed by atoms with Crippen LogP contribution in [0.4, 0.5) is 0 Å². The quantitative estimate of drug-likeness (QED) is 0.396. The van der Waals surface area contributed by atoms with Gasteiger partial charge in [-0.05, 0) is 12.8 Å². The van der Waals surface area contributed by atoms with Gasteiger partial charge in [0.05, 0.1) is 0 Å². The first-order valence-electron chi connectivity index (χ1n) is 3.91. The third-order valence-electron chi connectivity index (χ3n) is 0.500. The minimum Gasteiger partial charge on any atom is -0.320 e. The van der Waals surface area contributed by atoms with E-state index < -0.39 is 0 Å². The van der Waals surface area contributed by atoms with Crippen molar-refractivity contribution in [3.05, 3.63) is 6.66 Å². The molecule has 2 atom stereocenters. The number of hydrogen-bond donors (Lipinski definition) is 0. The minimum absolute atomic E-state index is 0. The fraction of sp³-hybridized carbons (Fsp3) is 0.875. The van der Waals surface area contributed by atoms with Gasteiger partial charge in [0.2, 0.25) is 0 Å². The maximum absolute atomic E-state index is 3.51. The zero-order valence-electron chi connectivity index (χ0n) is 9.15. The molecule has 4 heteroatoms. The Morgan fingerprint density at radius 3 is 1.42 bits per heavy atom. The summed E-state index contributed by atoms with van der Waals surface area (Å²) in [6.45, 7) is 14.0. The second kappa shape index (κ2) is 54.6. The molecule has 74 valence electrons. The Bertz CT molecular complexity index is 31.0. The standard InChI is InChI=1S/C4H11P.C2H6P.C2H6.B.V/c1-3-4-5-2;1-3-2;1-2;;/h5H,3-4H2,1-2H3;3H,1H2,2H3;1-2H3;;/q;-1;;;. The molecule has 0 amide bonds. The molecule has 0 heterocycles. The van der Waals surface area contributed by atoms with Gasteiger partial charge in [-0.25, -0.2) is 0 Å². The van der Waals surface area contributed by atoms with Gasteiger partial charge in [-0.15, -0.1) is 8.58 Å². The van der Waals surface area contributed by atoms with E-state index in [9.17, 15) is 0 Å². The first-order valence-corrected chi connectivity index (χ1v) is 7.33. The van der Waals surface area contributed by atoms with Gasteiger partial charge in [0.25, 0.3) is 0 Å². The van der Waals surface area contributed by atoms with Gasteiger partial charge in [-0.3, -0.25) is 8.58 Å².